The minimum Gasteiger partial charge on any atom is -0.467 e. The van der Waals surface area contributed by atoms with Gasteiger partial charge in [-0.2, -0.15) is 25.3 Å². The summed E-state index contributed by atoms with van der Waals surface area (Å²) in [6, 6.07) is 8.38. The van der Waals surface area contributed by atoms with Crippen LogP contribution in [0.1, 0.15) is 20.8 Å². The van der Waals surface area contributed by atoms with E-state index < -0.39 is 35.8 Å². The first-order chi connectivity index (χ1) is 15.4. The number of methoxy groups -OCH3 is 2. The van der Waals surface area contributed by atoms with Crippen LogP contribution in [-0.2, 0) is 19.1 Å². The summed E-state index contributed by atoms with van der Waals surface area (Å²) in [4.78, 5) is 53.2. The molecule has 0 aliphatic heterocycles. The molecule has 0 bridgehead atoms. The molecule has 2 unspecified atom stereocenters. The number of carbonyl (C=O) groups excluding carboxylic acids is 4. The second-order valence-corrected chi connectivity index (χ2v) is 7.18. The Morgan fingerprint density at radius 1 is 0.906 bits per heavy atom. The van der Waals surface area contributed by atoms with E-state index in [0.29, 0.717) is 11.1 Å². The largest absolute Gasteiger partial charge is 0.467 e. The molecule has 1 aromatic carbocycles. The minimum absolute atomic E-state index is 0.0187. The number of rotatable bonds is 9. The lowest BCUT2D eigenvalue weighted by Gasteiger charge is -2.17. The molecule has 11 heteroatoms. The van der Waals surface area contributed by atoms with Crippen LogP contribution >= 0.6 is 25.3 Å². The van der Waals surface area contributed by atoms with E-state index in [9.17, 15) is 19.2 Å². The van der Waals surface area contributed by atoms with Crippen molar-refractivity contribution in [2.45, 2.75) is 12.1 Å². The number of nitrogens with one attached hydrogen (secondary N) is 2. The number of carbonyl (C=O) groups is 4. The molecular weight excluding hydrogens is 454 g/mol. The maximum Gasteiger partial charge on any atom is 0.329 e. The summed E-state index contributed by atoms with van der Waals surface area (Å²) in [5, 5.41) is 5.06. The van der Waals surface area contributed by atoms with E-state index in [1.807, 2.05) is 0 Å². The number of amides is 2. The van der Waals surface area contributed by atoms with Gasteiger partial charge in [-0.25, -0.2) is 9.59 Å². The molecule has 0 radical (unpaired) electrons. The highest BCUT2D eigenvalue weighted by Gasteiger charge is 2.25. The van der Waals surface area contributed by atoms with Gasteiger partial charge < -0.3 is 20.1 Å². The molecule has 1 aromatic heterocycles. The molecule has 1 heterocycles. The Morgan fingerprint density at radius 3 is 1.94 bits per heavy atom. The molecule has 0 aliphatic carbocycles. The van der Waals surface area contributed by atoms with Gasteiger partial charge in [0.15, 0.2) is 0 Å². The molecule has 2 amide bonds. The molecule has 2 aromatic rings. The molecule has 0 aliphatic rings. The van der Waals surface area contributed by atoms with Crippen LogP contribution in [0.3, 0.4) is 0 Å². The van der Waals surface area contributed by atoms with E-state index in [1.165, 1.54) is 26.5 Å². The second kappa shape index (κ2) is 12.1. The summed E-state index contributed by atoms with van der Waals surface area (Å²) in [7, 11) is 2.41. The smallest absolute Gasteiger partial charge is 0.329 e. The number of thiol groups is 2. The number of ether oxygens (including phenoxy) is 2. The molecule has 2 N–H and O–H groups in total. The maximum atomic E-state index is 12.9. The first-order valence-corrected chi connectivity index (χ1v) is 10.7. The van der Waals surface area contributed by atoms with Gasteiger partial charge in [0.05, 0.1) is 19.8 Å². The van der Waals surface area contributed by atoms with Crippen molar-refractivity contribution < 1.29 is 28.7 Å². The lowest BCUT2D eigenvalue weighted by atomic mass is 9.99. The minimum atomic E-state index is -0.961. The van der Waals surface area contributed by atoms with Crippen molar-refractivity contribution in [3.63, 3.8) is 0 Å². The topological polar surface area (TPSA) is 124 Å². The van der Waals surface area contributed by atoms with Gasteiger partial charge in [-0.05, 0) is 17.2 Å². The van der Waals surface area contributed by atoms with Gasteiger partial charge in [-0.3, -0.25) is 14.6 Å². The van der Waals surface area contributed by atoms with Crippen LogP contribution in [0.15, 0.2) is 42.6 Å². The zero-order valence-electron chi connectivity index (χ0n) is 17.4. The second-order valence-electron chi connectivity index (χ2n) is 6.44. The van der Waals surface area contributed by atoms with Gasteiger partial charge in [0.2, 0.25) is 0 Å². The Balaban J connectivity index is 2.42. The molecule has 0 saturated carbocycles. The Morgan fingerprint density at radius 2 is 1.44 bits per heavy atom. The van der Waals surface area contributed by atoms with Crippen molar-refractivity contribution in [1.82, 2.24) is 15.6 Å². The Labute approximate surface area is 196 Å². The number of hydrogen-bond acceptors (Lipinski definition) is 9. The number of esters is 2. The van der Waals surface area contributed by atoms with Gasteiger partial charge in [0, 0.05) is 17.7 Å². The monoisotopic (exact) mass is 477 g/mol. The maximum absolute atomic E-state index is 12.9. The van der Waals surface area contributed by atoms with E-state index in [-0.39, 0.29) is 22.8 Å². The molecule has 0 fully saturated rings. The average molecular weight is 478 g/mol. The summed E-state index contributed by atoms with van der Waals surface area (Å²) in [6.07, 6.45) is 1.23. The van der Waals surface area contributed by atoms with E-state index in [4.69, 9.17) is 0 Å². The van der Waals surface area contributed by atoms with Gasteiger partial charge in [-0.1, -0.05) is 30.3 Å². The van der Waals surface area contributed by atoms with Gasteiger partial charge in [-0.15, -0.1) is 0 Å². The average Bonchev–Trinajstić information content (AvgIpc) is 2.84. The zero-order chi connectivity index (χ0) is 23.7. The lowest BCUT2D eigenvalue weighted by molar-refractivity contribution is -0.143. The zero-order valence-corrected chi connectivity index (χ0v) is 19.2. The number of aromatic nitrogens is 1. The fourth-order valence-electron chi connectivity index (χ4n) is 2.73. The SMILES string of the molecule is COC(=O)C(CS)NC(=O)c1cc(-c2ccccc2)c(C(=O)NC(CS)C(=O)OC)cn1. The highest BCUT2D eigenvalue weighted by molar-refractivity contribution is 7.80. The summed E-state index contributed by atoms with van der Waals surface area (Å²) in [5.41, 5.74) is 1.18. The summed E-state index contributed by atoms with van der Waals surface area (Å²) in [6.45, 7) is 0. The van der Waals surface area contributed by atoms with Crippen molar-refractivity contribution in [3.05, 3.63) is 53.9 Å². The normalized spacial score (nSPS) is 12.2. The summed E-state index contributed by atoms with van der Waals surface area (Å²) >= 11 is 8.12. The molecule has 32 heavy (non-hydrogen) atoms. The fourth-order valence-corrected chi connectivity index (χ4v) is 3.21. The van der Waals surface area contributed by atoms with E-state index in [1.54, 1.807) is 30.3 Å². The number of hydrogen-bond donors (Lipinski definition) is 4. The number of pyridine rings is 1. The standard InChI is InChI=1S/C21H23N3O6S2/c1-29-20(27)16(10-31)23-18(25)14-9-22-15(8-13(14)12-6-4-3-5-7-12)19(26)24-17(11-32)21(28)30-2/h3-9,16-17,31-32H,10-11H2,1-2H3,(H,23,25)(H,24,26). The summed E-state index contributed by atoms with van der Waals surface area (Å²) in [5.74, 6) is -2.45. The van der Waals surface area contributed by atoms with Crippen LogP contribution in [0.5, 0.6) is 0 Å². The first-order valence-electron chi connectivity index (χ1n) is 9.40. The van der Waals surface area contributed by atoms with Crippen molar-refractivity contribution in [2.24, 2.45) is 0 Å². The third-order valence-corrected chi connectivity index (χ3v) is 5.14. The predicted molar refractivity (Wildman–Crippen MR) is 124 cm³/mol. The molecule has 0 saturated heterocycles. The Bertz CT molecular complexity index is 987. The lowest BCUT2D eigenvalue weighted by Crippen LogP contribution is -2.43. The molecule has 2 rings (SSSR count). The molecular formula is C21H23N3O6S2. The van der Waals surface area contributed by atoms with Gasteiger partial charge in [0.1, 0.15) is 17.8 Å². The Kier molecular flexibility index (Phi) is 9.54. The van der Waals surface area contributed by atoms with E-state index in [0.717, 1.165) is 0 Å². The Hall–Kier alpha value is -3.05. The van der Waals surface area contributed by atoms with Crippen LogP contribution in [-0.4, -0.2) is 66.5 Å². The fraction of sp³-hybridized carbons (Fsp3) is 0.286. The van der Waals surface area contributed by atoms with Crippen molar-refractivity contribution >= 4 is 49.0 Å². The third-order valence-electron chi connectivity index (χ3n) is 4.41. The summed E-state index contributed by atoms with van der Waals surface area (Å²) < 4.78 is 9.31. The number of nitrogens with zero attached hydrogens (tertiary/aromatic N) is 1. The van der Waals surface area contributed by atoms with Crippen LogP contribution < -0.4 is 10.6 Å². The quantitative estimate of drug-likeness (QED) is 0.316. The highest BCUT2D eigenvalue weighted by Crippen LogP contribution is 2.24. The first kappa shape index (κ1) is 25.2. The number of benzene rings is 1. The third kappa shape index (κ3) is 6.24. The van der Waals surface area contributed by atoms with Crippen molar-refractivity contribution in [3.8, 4) is 11.1 Å². The van der Waals surface area contributed by atoms with E-state index >= 15 is 0 Å². The van der Waals surface area contributed by atoms with Gasteiger partial charge >= 0.3 is 11.9 Å². The van der Waals surface area contributed by atoms with E-state index in [2.05, 4.69) is 50.3 Å². The van der Waals surface area contributed by atoms with Crippen LogP contribution in [0.2, 0.25) is 0 Å². The van der Waals surface area contributed by atoms with Crippen LogP contribution in [0, 0.1) is 0 Å². The van der Waals surface area contributed by atoms with Gasteiger partial charge in [0.25, 0.3) is 11.8 Å². The molecule has 0 spiro atoms. The molecule has 2 atom stereocenters. The highest BCUT2D eigenvalue weighted by atomic mass is 32.1. The molecule has 9 nitrogen and oxygen atoms in total. The van der Waals surface area contributed by atoms with Crippen LogP contribution in [0.4, 0.5) is 0 Å². The van der Waals surface area contributed by atoms with Crippen molar-refractivity contribution in [1.29, 1.82) is 0 Å². The predicted octanol–water partition coefficient (Wildman–Crippen LogP) is 1.15. The van der Waals surface area contributed by atoms with Crippen molar-refractivity contribution in [2.75, 3.05) is 25.7 Å². The van der Waals surface area contributed by atoms with Crippen LogP contribution in [0.25, 0.3) is 11.1 Å². The molecule has 170 valence electrons.